The number of benzene rings is 1. The molecule has 0 amide bonds. The summed E-state index contributed by atoms with van der Waals surface area (Å²) < 4.78 is 44.0. The van der Waals surface area contributed by atoms with Gasteiger partial charge in [0.05, 0.1) is 12.6 Å². The largest absolute Gasteiger partial charge is 0.383 e. The predicted molar refractivity (Wildman–Crippen MR) is 50.0 cm³/mol. The van der Waals surface area contributed by atoms with Crippen LogP contribution in [-0.4, -0.2) is 20.8 Å². The van der Waals surface area contributed by atoms with E-state index in [0.717, 1.165) is 0 Å². The van der Waals surface area contributed by atoms with E-state index in [1.807, 2.05) is 0 Å². The molecule has 0 aliphatic rings. The number of likely N-dealkylation sites (N-methyl/N-ethyl adjacent to an activating group) is 1. The first kappa shape index (κ1) is 12.0. The van der Waals surface area contributed by atoms with Gasteiger partial charge in [0.1, 0.15) is 17.5 Å². The van der Waals surface area contributed by atoms with Crippen LogP contribution in [0, 0.1) is 17.5 Å². The van der Waals surface area contributed by atoms with E-state index in [2.05, 4.69) is 5.32 Å². The minimum atomic E-state index is -0.930. The molecule has 15 heavy (non-hydrogen) atoms. The number of rotatable bonds is 4. The number of hydrogen-bond acceptors (Lipinski definition) is 2. The summed E-state index contributed by atoms with van der Waals surface area (Å²) in [5.74, 6) is -2.76. The molecule has 1 rings (SSSR count). The van der Waals surface area contributed by atoms with Gasteiger partial charge < -0.3 is 10.1 Å². The summed E-state index contributed by atoms with van der Waals surface area (Å²) in [5, 5.41) is 2.69. The van der Waals surface area contributed by atoms with Crippen molar-refractivity contribution in [2.75, 3.05) is 20.8 Å². The van der Waals surface area contributed by atoms with Crippen LogP contribution in [0.25, 0.3) is 0 Å². The van der Waals surface area contributed by atoms with Gasteiger partial charge in [-0.15, -0.1) is 0 Å². The molecule has 84 valence electrons. The van der Waals surface area contributed by atoms with Crippen LogP contribution in [0.2, 0.25) is 0 Å². The van der Waals surface area contributed by atoms with Gasteiger partial charge in [-0.3, -0.25) is 0 Å². The standard InChI is InChI=1S/C10H12F3NO/c1-14-9(5-15-2)10-7(12)3-6(11)4-8(10)13/h3-4,9,14H,5H2,1-2H3. The van der Waals surface area contributed by atoms with Crippen molar-refractivity contribution >= 4 is 0 Å². The Bertz CT molecular complexity index is 320. The number of halogens is 3. The Hall–Kier alpha value is -1.07. The Morgan fingerprint density at radius 3 is 2.20 bits per heavy atom. The van der Waals surface area contributed by atoms with Crippen LogP contribution in [0.5, 0.6) is 0 Å². The summed E-state index contributed by atoms with van der Waals surface area (Å²) >= 11 is 0. The van der Waals surface area contributed by atoms with E-state index < -0.39 is 23.5 Å². The van der Waals surface area contributed by atoms with Gasteiger partial charge in [-0.05, 0) is 7.05 Å². The maximum absolute atomic E-state index is 13.3. The second-order valence-electron chi connectivity index (χ2n) is 3.08. The van der Waals surface area contributed by atoms with Gasteiger partial charge >= 0.3 is 0 Å². The molecule has 0 saturated heterocycles. The Morgan fingerprint density at radius 1 is 1.27 bits per heavy atom. The zero-order valence-electron chi connectivity index (χ0n) is 8.48. The zero-order valence-corrected chi connectivity index (χ0v) is 8.48. The van der Waals surface area contributed by atoms with E-state index in [1.54, 1.807) is 7.05 Å². The molecule has 0 spiro atoms. The fraction of sp³-hybridized carbons (Fsp3) is 0.400. The summed E-state index contributed by atoms with van der Waals surface area (Å²) in [6, 6.07) is 0.673. The van der Waals surface area contributed by atoms with Gasteiger partial charge in [0.25, 0.3) is 0 Å². The number of hydrogen-bond donors (Lipinski definition) is 1. The van der Waals surface area contributed by atoms with Gasteiger partial charge in [-0.2, -0.15) is 0 Å². The van der Waals surface area contributed by atoms with E-state index in [9.17, 15) is 13.2 Å². The van der Waals surface area contributed by atoms with Gasteiger partial charge in [0, 0.05) is 24.8 Å². The van der Waals surface area contributed by atoms with Crippen molar-refractivity contribution in [2.45, 2.75) is 6.04 Å². The molecule has 0 radical (unpaired) electrons. The van der Waals surface area contributed by atoms with Crippen LogP contribution >= 0.6 is 0 Å². The lowest BCUT2D eigenvalue weighted by Crippen LogP contribution is -2.23. The zero-order chi connectivity index (χ0) is 11.4. The normalized spacial score (nSPS) is 12.9. The molecule has 1 atom stereocenters. The van der Waals surface area contributed by atoms with Crippen molar-refractivity contribution in [1.29, 1.82) is 0 Å². The van der Waals surface area contributed by atoms with Crippen LogP contribution < -0.4 is 5.32 Å². The highest BCUT2D eigenvalue weighted by molar-refractivity contribution is 5.24. The average molecular weight is 219 g/mol. The van der Waals surface area contributed by atoms with E-state index in [-0.39, 0.29) is 12.2 Å². The Balaban J connectivity index is 3.11. The third-order valence-electron chi connectivity index (χ3n) is 2.07. The molecule has 0 fully saturated rings. The van der Waals surface area contributed by atoms with Crippen molar-refractivity contribution in [2.24, 2.45) is 0 Å². The van der Waals surface area contributed by atoms with Gasteiger partial charge in [0.15, 0.2) is 0 Å². The minimum Gasteiger partial charge on any atom is -0.383 e. The summed E-state index contributed by atoms with van der Waals surface area (Å²) in [4.78, 5) is 0. The smallest absolute Gasteiger partial charge is 0.133 e. The first-order chi connectivity index (χ1) is 7.10. The van der Waals surface area contributed by atoms with Crippen molar-refractivity contribution < 1.29 is 17.9 Å². The van der Waals surface area contributed by atoms with E-state index >= 15 is 0 Å². The highest BCUT2D eigenvalue weighted by atomic mass is 19.1. The molecule has 0 aromatic heterocycles. The Kier molecular flexibility index (Phi) is 4.11. The molecule has 2 nitrogen and oxygen atoms in total. The monoisotopic (exact) mass is 219 g/mol. The minimum absolute atomic E-state index is 0.107. The highest BCUT2D eigenvalue weighted by Crippen LogP contribution is 2.21. The molecule has 0 bridgehead atoms. The first-order valence-corrected chi connectivity index (χ1v) is 4.40. The Morgan fingerprint density at radius 2 is 1.80 bits per heavy atom. The first-order valence-electron chi connectivity index (χ1n) is 4.40. The van der Waals surface area contributed by atoms with Crippen LogP contribution in [0.4, 0.5) is 13.2 Å². The molecular formula is C10H12F3NO. The molecule has 0 heterocycles. The fourth-order valence-electron chi connectivity index (χ4n) is 1.36. The van der Waals surface area contributed by atoms with Crippen molar-refractivity contribution in [3.8, 4) is 0 Å². The number of ether oxygens (including phenoxy) is 1. The molecule has 5 heteroatoms. The molecule has 0 aliphatic heterocycles. The fourth-order valence-corrected chi connectivity index (χ4v) is 1.36. The molecule has 0 aliphatic carbocycles. The number of nitrogens with one attached hydrogen (secondary N) is 1. The summed E-state index contributed by atoms with van der Waals surface area (Å²) in [5.41, 5.74) is -0.208. The number of methoxy groups -OCH3 is 1. The van der Waals surface area contributed by atoms with Gasteiger partial charge in [0.2, 0.25) is 0 Å². The molecule has 1 aromatic carbocycles. The highest BCUT2D eigenvalue weighted by Gasteiger charge is 2.19. The third-order valence-corrected chi connectivity index (χ3v) is 2.07. The molecule has 1 N–H and O–H groups in total. The van der Waals surface area contributed by atoms with Gasteiger partial charge in [-0.1, -0.05) is 0 Å². The van der Waals surface area contributed by atoms with Crippen molar-refractivity contribution in [3.05, 3.63) is 35.1 Å². The maximum atomic E-state index is 13.3. The van der Waals surface area contributed by atoms with Crippen molar-refractivity contribution in [3.63, 3.8) is 0 Å². The summed E-state index contributed by atoms with van der Waals surface area (Å²) in [7, 11) is 2.97. The SMILES string of the molecule is CNC(COC)c1c(F)cc(F)cc1F. The lowest BCUT2D eigenvalue weighted by atomic mass is 10.1. The maximum Gasteiger partial charge on any atom is 0.133 e. The van der Waals surface area contributed by atoms with Crippen LogP contribution in [0.15, 0.2) is 12.1 Å². The van der Waals surface area contributed by atoms with Crippen LogP contribution in [0.3, 0.4) is 0 Å². The predicted octanol–water partition coefficient (Wildman–Crippen LogP) is 2.01. The third kappa shape index (κ3) is 2.70. The second kappa shape index (κ2) is 5.14. The molecular weight excluding hydrogens is 207 g/mol. The van der Waals surface area contributed by atoms with E-state index in [4.69, 9.17) is 4.74 Å². The lowest BCUT2D eigenvalue weighted by molar-refractivity contribution is 0.167. The topological polar surface area (TPSA) is 21.3 Å². The summed E-state index contributed by atoms with van der Waals surface area (Å²) in [6.45, 7) is 0.107. The summed E-state index contributed by atoms with van der Waals surface area (Å²) in [6.07, 6.45) is 0. The quantitative estimate of drug-likeness (QED) is 0.836. The molecule has 0 saturated carbocycles. The average Bonchev–Trinajstić information content (AvgIpc) is 2.14. The Labute approximate surface area is 86.1 Å². The lowest BCUT2D eigenvalue weighted by Gasteiger charge is -2.16. The van der Waals surface area contributed by atoms with E-state index in [1.165, 1.54) is 7.11 Å². The second-order valence-corrected chi connectivity index (χ2v) is 3.08. The van der Waals surface area contributed by atoms with Crippen LogP contribution in [-0.2, 0) is 4.74 Å². The van der Waals surface area contributed by atoms with Gasteiger partial charge in [-0.25, -0.2) is 13.2 Å². The molecule has 1 aromatic rings. The molecule has 1 unspecified atom stereocenters. The van der Waals surface area contributed by atoms with Crippen LogP contribution in [0.1, 0.15) is 11.6 Å². The van der Waals surface area contributed by atoms with Crippen molar-refractivity contribution in [1.82, 2.24) is 5.32 Å². The van der Waals surface area contributed by atoms with E-state index in [0.29, 0.717) is 12.1 Å².